The van der Waals surface area contributed by atoms with E-state index in [2.05, 4.69) is 44.4 Å². The molecule has 120 valence electrons. The molecule has 1 atom stereocenters. The maximum Gasteiger partial charge on any atom is 0.0727 e. The molecule has 4 nitrogen and oxygen atoms in total. The predicted molar refractivity (Wildman–Crippen MR) is 90.3 cm³/mol. The van der Waals surface area contributed by atoms with E-state index in [0.29, 0.717) is 0 Å². The summed E-state index contributed by atoms with van der Waals surface area (Å²) in [5.41, 5.74) is 3.40. The van der Waals surface area contributed by atoms with Gasteiger partial charge in [-0.2, -0.15) is 5.10 Å². The topological polar surface area (TPSA) is 50.1 Å². The van der Waals surface area contributed by atoms with Crippen LogP contribution in [0.4, 0.5) is 0 Å². The molecule has 0 saturated heterocycles. The van der Waals surface area contributed by atoms with Gasteiger partial charge in [0.05, 0.1) is 17.5 Å². The number of hydrogen-bond acceptors (Lipinski definition) is 3. The molecule has 0 spiro atoms. The van der Waals surface area contributed by atoms with Gasteiger partial charge in [-0.25, -0.2) is 4.68 Å². The van der Waals surface area contributed by atoms with Crippen molar-refractivity contribution in [1.82, 2.24) is 15.1 Å². The zero-order valence-corrected chi connectivity index (χ0v) is 14.0. The van der Waals surface area contributed by atoms with Crippen molar-refractivity contribution in [3.05, 3.63) is 47.8 Å². The van der Waals surface area contributed by atoms with Crippen molar-refractivity contribution in [2.24, 2.45) is 0 Å². The summed E-state index contributed by atoms with van der Waals surface area (Å²) in [6.07, 6.45) is 2.60. The number of aliphatic hydroxyl groups excluding tert-OH is 1. The van der Waals surface area contributed by atoms with Gasteiger partial charge >= 0.3 is 0 Å². The second kappa shape index (κ2) is 7.07. The molecule has 4 heteroatoms. The van der Waals surface area contributed by atoms with E-state index in [-0.39, 0.29) is 11.5 Å². The highest BCUT2D eigenvalue weighted by molar-refractivity contribution is 5.34. The highest BCUT2D eigenvalue weighted by Gasteiger charge is 2.22. The lowest BCUT2D eigenvalue weighted by Crippen LogP contribution is -2.21. The summed E-state index contributed by atoms with van der Waals surface area (Å²) >= 11 is 0. The van der Waals surface area contributed by atoms with Crippen LogP contribution in [0.5, 0.6) is 0 Å². The minimum atomic E-state index is -0.262. The van der Waals surface area contributed by atoms with Gasteiger partial charge in [0.15, 0.2) is 0 Å². The molecule has 1 heterocycles. The molecule has 2 N–H and O–H groups in total. The van der Waals surface area contributed by atoms with Crippen molar-refractivity contribution in [2.45, 2.75) is 52.2 Å². The first-order valence-electron chi connectivity index (χ1n) is 7.91. The summed E-state index contributed by atoms with van der Waals surface area (Å²) in [6, 6.07) is 10.2. The maximum absolute atomic E-state index is 9.33. The molecule has 1 aromatic carbocycles. The molecule has 1 aromatic heterocycles. The fraction of sp³-hybridized carbons (Fsp3) is 0.500. The predicted octanol–water partition coefficient (Wildman–Crippen LogP) is 3.03. The molecule has 0 fully saturated rings. The normalized spacial score (nSPS) is 13.3. The Hall–Kier alpha value is -1.65. The SMILES string of the molecule is CC(O)CCNCc1cn(-c2ccccc2)nc1C(C)(C)C. The number of rotatable bonds is 6. The van der Waals surface area contributed by atoms with Crippen molar-refractivity contribution in [1.29, 1.82) is 0 Å². The standard InChI is InChI=1S/C18H27N3O/c1-14(22)10-11-19-12-15-13-21(16-8-6-5-7-9-16)20-17(15)18(2,3)4/h5-9,13-14,19,22H,10-12H2,1-4H3. The van der Waals surface area contributed by atoms with E-state index in [4.69, 9.17) is 5.10 Å². The van der Waals surface area contributed by atoms with Gasteiger partial charge in [-0.05, 0) is 32.0 Å². The quantitative estimate of drug-likeness (QED) is 0.806. The highest BCUT2D eigenvalue weighted by atomic mass is 16.3. The Morgan fingerprint density at radius 3 is 2.50 bits per heavy atom. The summed E-state index contributed by atoms with van der Waals surface area (Å²) in [5.74, 6) is 0. The zero-order chi connectivity index (χ0) is 16.2. The van der Waals surface area contributed by atoms with Crippen molar-refractivity contribution >= 4 is 0 Å². The number of nitrogens with zero attached hydrogens (tertiary/aromatic N) is 2. The smallest absolute Gasteiger partial charge is 0.0727 e. The molecule has 0 aliphatic carbocycles. The van der Waals surface area contributed by atoms with Gasteiger partial charge in [0.1, 0.15) is 0 Å². The number of aliphatic hydroxyl groups is 1. The zero-order valence-electron chi connectivity index (χ0n) is 14.0. The first kappa shape index (κ1) is 16.7. The molecule has 1 unspecified atom stereocenters. The van der Waals surface area contributed by atoms with E-state index in [1.54, 1.807) is 0 Å². The molecule has 0 aliphatic rings. The number of para-hydroxylation sites is 1. The van der Waals surface area contributed by atoms with E-state index in [9.17, 15) is 5.11 Å². The van der Waals surface area contributed by atoms with Gasteiger partial charge in [0.25, 0.3) is 0 Å². The van der Waals surface area contributed by atoms with Crippen molar-refractivity contribution in [3.63, 3.8) is 0 Å². The summed E-state index contributed by atoms with van der Waals surface area (Å²) in [7, 11) is 0. The fourth-order valence-electron chi connectivity index (χ4n) is 2.42. The molecule has 0 radical (unpaired) electrons. The Bertz CT molecular complexity index is 582. The Balaban J connectivity index is 2.18. The van der Waals surface area contributed by atoms with Gasteiger partial charge in [-0.1, -0.05) is 39.0 Å². The van der Waals surface area contributed by atoms with Crippen LogP contribution in [0.2, 0.25) is 0 Å². The van der Waals surface area contributed by atoms with Gasteiger partial charge in [0.2, 0.25) is 0 Å². The van der Waals surface area contributed by atoms with Crippen LogP contribution in [0.1, 0.15) is 45.4 Å². The van der Waals surface area contributed by atoms with Crippen LogP contribution in [0.15, 0.2) is 36.5 Å². The lowest BCUT2D eigenvalue weighted by molar-refractivity contribution is 0.183. The van der Waals surface area contributed by atoms with Gasteiger partial charge in [-0.3, -0.25) is 0 Å². The molecule has 0 amide bonds. The molecule has 0 aliphatic heterocycles. The van der Waals surface area contributed by atoms with Crippen molar-refractivity contribution in [2.75, 3.05) is 6.54 Å². The maximum atomic E-state index is 9.33. The third-order valence-electron chi connectivity index (χ3n) is 3.58. The second-order valence-corrected chi connectivity index (χ2v) is 6.85. The average Bonchev–Trinajstić information content (AvgIpc) is 2.89. The minimum Gasteiger partial charge on any atom is -0.393 e. The number of benzene rings is 1. The lowest BCUT2D eigenvalue weighted by Gasteiger charge is -2.17. The first-order chi connectivity index (χ1) is 10.4. The van der Waals surface area contributed by atoms with Crippen LogP contribution in [0.25, 0.3) is 5.69 Å². The van der Waals surface area contributed by atoms with E-state index in [1.165, 1.54) is 5.56 Å². The second-order valence-electron chi connectivity index (χ2n) is 6.85. The Morgan fingerprint density at radius 2 is 1.91 bits per heavy atom. The summed E-state index contributed by atoms with van der Waals surface area (Å²) in [4.78, 5) is 0. The average molecular weight is 301 g/mol. The van der Waals surface area contributed by atoms with Gasteiger partial charge in [-0.15, -0.1) is 0 Å². The summed E-state index contributed by atoms with van der Waals surface area (Å²) < 4.78 is 1.95. The molecule has 2 aromatic rings. The largest absolute Gasteiger partial charge is 0.393 e. The van der Waals surface area contributed by atoms with E-state index in [1.807, 2.05) is 29.8 Å². The van der Waals surface area contributed by atoms with Gasteiger partial charge < -0.3 is 10.4 Å². The van der Waals surface area contributed by atoms with Crippen LogP contribution in [0.3, 0.4) is 0 Å². The molecule has 0 bridgehead atoms. The van der Waals surface area contributed by atoms with Crippen molar-refractivity contribution < 1.29 is 5.11 Å². The van der Waals surface area contributed by atoms with Gasteiger partial charge in [0, 0.05) is 23.7 Å². The number of hydrogen-bond donors (Lipinski definition) is 2. The lowest BCUT2D eigenvalue weighted by atomic mass is 9.89. The molecular weight excluding hydrogens is 274 g/mol. The third kappa shape index (κ3) is 4.42. The number of aromatic nitrogens is 2. The molecular formula is C18H27N3O. The van der Waals surface area contributed by atoms with Crippen molar-refractivity contribution in [3.8, 4) is 5.69 Å². The summed E-state index contributed by atoms with van der Waals surface area (Å²) in [6.45, 7) is 9.94. The Kier molecular flexibility index (Phi) is 5.37. The van der Waals surface area contributed by atoms with Crippen LogP contribution in [-0.2, 0) is 12.0 Å². The Morgan fingerprint density at radius 1 is 1.23 bits per heavy atom. The van der Waals surface area contributed by atoms with E-state index in [0.717, 1.165) is 30.9 Å². The van der Waals surface area contributed by atoms with E-state index < -0.39 is 0 Å². The molecule has 0 saturated carbocycles. The monoisotopic (exact) mass is 301 g/mol. The minimum absolute atomic E-state index is 0.00130. The molecule has 2 rings (SSSR count). The van der Waals surface area contributed by atoms with Crippen LogP contribution < -0.4 is 5.32 Å². The number of nitrogens with one attached hydrogen (secondary N) is 1. The highest BCUT2D eigenvalue weighted by Crippen LogP contribution is 2.25. The molecule has 22 heavy (non-hydrogen) atoms. The van der Waals surface area contributed by atoms with Crippen LogP contribution in [0, 0.1) is 0 Å². The Labute approximate surface area is 133 Å². The fourth-order valence-corrected chi connectivity index (χ4v) is 2.42. The first-order valence-corrected chi connectivity index (χ1v) is 7.91. The summed E-state index contributed by atoms with van der Waals surface area (Å²) in [5, 5.41) is 17.5. The van der Waals surface area contributed by atoms with Crippen LogP contribution in [-0.4, -0.2) is 27.5 Å². The van der Waals surface area contributed by atoms with E-state index >= 15 is 0 Å². The van der Waals surface area contributed by atoms with Crippen LogP contribution >= 0.6 is 0 Å². The third-order valence-corrected chi connectivity index (χ3v) is 3.58.